The number of nitrogens with one attached hydrogen (secondary N) is 1. The lowest BCUT2D eigenvalue weighted by Gasteiger charge is -2.00. The van der Waals surface area contributed by atoms with Crippen LogP contribution in [0.25, 0.3) is 0 Å². The number of rotatable bonds is 4. The monoisotopic (exact) mass is 240 g/mol. The van der Waals surface area contributed by atoms with Crippen molar-refractivity contribution in [3.8, 4) is 0 Å². The average molecular weight is 240 g/mol. The molecule has 94 valence electrons. The number of benzene rings is 1. The van der Waals surface area contributed by atoms with E-state index in [9.17, 15) is 9.59 Å². The van der Waals surface area contributed by atoms with Gasteiger partial charge in [-0.2, -0.15) is 0 Å². The van der Waals surface area contributed by atoms with Crippen LogP contribution in [-0.4, -0.2) is 34.7 Å². The van der Waals surface area contributed by atoms with E-state index in [1.54, 1.807) is 0 Å². The summed E-state index contributed by atoms with van der Waals surface area (Å²) < 4.78 is 0. The number of carboxylic acid groups (broad SMARTS) is 2. The minimum Gasteiger partial charge on any atom is -0.480 e. The SMILES string of the molecule is CC(N)C(=O)O.O=C(O)CNc1ccccc1. The van der Waals surface area contributed by atoms with Crippen LogP contribution in [0.15, 0.2) is 30.3 Å². The van der Waals surface area contributed by atoms with Crippen molar-refractivity contribution in [2.75, 3.05) is 11.9 Å². The first-order chi connectivity index (χ1) is 7.93. The molecule has 5 N–H and O–H groups in total. The first-order valence-electron chi connectivity index (χ1n) is 4.92. The molecular formula is C11H16N2O4. The van der Waals surface area contributed by atoms with Crippen molar-refractivity contribution < 1.29 is 19.8 Å². The van der Waals surface area contributed by atoms with Crippen LogP contribution in [0.3, 0.4) is 0 Å². The third kappa shape index (κ3) is 8.88. The van der Waals surface area contributed by atoms with Crippen molar-refractivity contribution >= 4 is 17.6 Å². The van der Waals surface area contributed by atoms with Crippen molar-refractivity contribution in [1.29, 1.82) is 0 Å². The van der Waals surface area contributed by atoms with Gasteiger partial charge in [-0.05, 0) is 19.1 Å². The Labute approximate surface area is 99.1 Å². The van der Waals surface area contributed by atoms with E-state index in [4.69, 9.17) is 15.9 Å². The standard InChI is InChI=1S/C8H9NO2.C3H7NO2/c10-8(11)6-9-7-4-2-1-3-5-7;1-2(4)3(5)6/h1-5,9H,6H2,(H,10,11);2H,4H2,1H3,(H,5,6). The van der Waals surface area contributed by atoms with E-state index in [1.165, 1.54) is 6.92 Å². The first-order valence-corrected chi connectivity index (χ1v) is 4.92. The summed E-state index contributed by atoms with van der Waals surface area (Å²) in [5.74, 6) is -1.82. The van der Waals surface area contributed by atoms with Crippen LogP contribution in [-0.2, 0) is 9.59 Å². The highest BCUT2D eigenvalue weighted by Crippen LogP contribution is 2.03. The Morgan fingerprint density at radius 3 is 2.12 bits per heavy atom. The molecular weight excluding hydrogens is 224 g/mol. The van der Waals surface area contributed by atoms with Crippen molar-refractivity contribution in [2.45, 2.75) is 13.0 Å². The van der Waals surface area contributed by atoms with Crippen LogP contribution in [0.4, 0.5) is 5.69 Å². The Bertz CT molecular complexity index is 352. The lowest BCUT2D eigenvalue weighted by molar-refractivity contribution is -0.138. The fourth-order valence-electron chi connectivity index (χ4n) is 0.734. The molecule has 1 atom stereocenters. The fraction of sp³-hybridized carbons (Fsp3) is 0.273. The van der Waals surface area contributed by atoms with E-state index in [2.05, 4.69) is 5.32 Å². The van der Waals surface area contributed by atoms with Gasteiger partial charge in [0.1, 0.15) is 12.6 Å². The topological polar surface area (TPSA) is 113 Å². The number of carboxylic acids is 2. The van der Waals surface area contributed by atoms with Crippen LogP contribution >= 0.6 is 0 Å². The van der Waals surface area contributed by atoms with E-state index < -0.39 is 18.0 Å². The predicted octanol–water partition coefficient (Wildman–Crippen LogP) is 0.601. The molecule has 1 aromatic rings. The Morgan fingerprint density at radius 2 is 1.76 bits per heavy atom. The second-order valence-electron chi connectivity index (χ2n) is 3.24. The number of hydrogen-bond acceptors (Lipinski definition) is 4. The van der Waals surface area contributed by atoms with Gasteiger partial charge in [0.25, 0.3) is 0 Å². The van der Waals surface area contributed by atoms with E-state index in [1.807, 2.05) is 30.3 Å². The number of para-hydroxylation sites is 1. The van der Waals surface area contributed by atoms with Gasteiger partial charge >= 0.3 is 11.9 Å². The molecule has 6 heteroatoms. The Morgan fingerprint density at radius 1 is 1.29 bits per heavy atom. The maximum absolute atomic E-state index is 10.1. The molecule has 17 heavy (non-hydrogen) atoms. The van der Waals surface area contributed by atoms with Crippen molar-refractivity contribution in [3.05, 3.63) is 30.3 Å². The smallest absolute Gasteiger partial charge is 0.322 e. The third-order valence-electron chi connectivity index (χ3n) is 1.61. The van der Waals surface area contributed by atoms with Gasteiger partial charge in [0, 0.05) is 5.69 Å². The second-order valence-corrected chi connectivity index (χ2v) is 3.24. The van der Waals surface area contributed by atoms with Crippen LogP contribution < -0.4 is 11.1 Å². The minimum atomic E-state index is -0.963. The summed E-state index contributed by atoms with van der Waals surface area (Å²) in [6.07, 6.45) is 0. The highest BCUT2D eigenvalue weighted by molar-refractivity contribution is 5.72. The molecule has 0 spiro atoms. The Kier molecular flexibility index (Phi) is 7.12. The van der Waals surface area contributed by atoms with Gasteiger partial charge in [0.05, 0.1) is 0 Å². The zero-order valence-corrected chi connectivity index (χ0v) is 9.46. The third-order valence-corrected chi connectivity index (χ3v) is 1.61. The first kappa shape index (κ1) is 14.9. The fourth-order valence-corrected chi connectivity index (χ4v) is 0.734. The molecule has 0 aliphatic heterocycles. The average Bonchev–Trinajstić information content (AvgIpc) is 2.28. The molecule has 0 aliphatic carbocycles. The van der Waals surface area contributed by atoms with Crippen LogP contribution in [0, 0.1) is 0 Å². The summed E-state index contributed by atoms with van der Waals surface area (Å²) in [4.78, 5) is 19.7. The number of hydrogen-bond donors (Lipinski definition) is 4. The molecule has 0 aromatic heterocycles. The van der Waals surface area contributed by atoms with Crippen molar-refractivity contribution in [1.82, 2.24) is 0 Å². The van der Waals surface area contributed by atoms with Crippen molar-refractivity contribution in [3.63, 3.8) is 0 Å². The van der Waals surface area contributed by atoms with E-state index in [0.29, 0.717) is 0 Å². The number of aliphatic carboxylic acids is 2. The van der Waals surface area contributed by atoms with Crippen LogP contribution in [0.2, 0.25) is 0 Å². The van der Waals surface area contributed by atoms with Gasteiger partial charge in [0.2, 0.25) is 0 Å². The van der Waals surface area contributed by atoms with E-state index in [-0.39, 0.29) is 6.54 Å². The van der Waals surface area contributed by atoms with Gasteiger partial charge in [-0.25, -0.2) is 0 Å². The predicted molar refractivity (Wildman–Crippen MR) is 63.9 cm³/mol. The lowest BCUT2D eigenvalue weighted by atomic mass is 10.3. The second kappa shape index (κ2) is 8.12. The zero-order valence-electron chi connectivity index (χ0n) is 9.46. The van der Waals surface area contributed by atoms with E-state index in [0.717, 1.165) is 5.69 Å². The number of nitrogens with two attached hydrogens (primary N) is 1. The van der Waals surface area contributed by atoms with Gasteiger partial charge in [-0.3, -0.25) is 9.59 Å². The molecule has 0 fully saturated rings. The van der Waals surface area contributed by atoms with Gasteiger partial charge in [-0.1, -0.05) is 18.2 Å². The summed E-state index contributed by atoms with van der Waals surface area (Å²) in [7, 11) is 0. The summed E-state index contributed by atoms with van der Waals surface area (Å²) in [6.45, 7) is 1.38. The molecule has 6 nitrogen and oxygen atoms in total. The van der Waals surface area contributed by atoms with Crippen LogP contribution in [0.5, 0.6) is 0 Å². The van der Waals surface area contributed by atoms with Crippen LogP contribution in [0.1, 0.15) is 6.92 Å². The van der Waals surface area contributed by atoms with Gasteiger partial charge in [0.15, 0.2) is 0 Å². The Balaban J connectivity index is 0.000000366. The molecule has 0 bridgehead atoms. The summed E-state index contributed by atoms with van der Waals surface area (Å²) in [5, 5.41) is 18.9. The van der Waals surface area contributed by atoms with E-state index >= 15 is 0 Å². The largest absolute Gasteiger partial charge is 0.480 e. The summed E-state index contributed by atoms with van der Waals surface area (Å²) in [5.41, 5.74) is 5.66. The number of anilines is 1. The molecule has 0 saturated heterocycles. The van der Waals surface area contributed by atoms with Gasteiger partial charge in [-0.15, -0.1) is 0 Å². The quantitative estimate of drug-likeness (QED) is 0.613. The molecule has 0 aliphatic rings. The molecule has 0 radical (unpaired) electrons. The summed E-state index contributed by atoms with van der Waals surface area (Å²) >= 11 is 0. The van der Waals surface area contributed by atoms with Gasteiger partial charge < -0.3 is 21.3 Å². The maximum Gasteiger partial charge on any atom is 0.322 e. The number of carbonyl (C=O) groups is 2. The highest BCUT2D eigenvalue weighted by atomic mass is 16.4. The molecule has 1 unspecified atom stereocenters. The summed E-state index contributed by atoms with van der Waals surface area (Å²) in [6, 6.07) is 8.50. The molecule has 0 amide bonds. The Hall–Kier alpha value is -2.08. The molecule has 0 saturated carbocycles. The maximum atomic E-state index is 10.1. The molecule has 0 heterocycles. The zero-order chi connectivity index (χ0) is 13.3. The lowest BCUT2D eigenvalue weighted by Crippen LogP contribution is -2.25. The molecule has 1 aromatic carbocycles. The molecule has 1 rings (SSSR count). The minimum absolute atomic E-state index is 0.0377. The van der Waals surface area contributed by atoms with Crippen molar-refractivity contribution in [2.24, 2.45) is 5.73 Å². The highest BCUT2D eigenvalue weighted by Gasteiger charge is 1.99. The normalized spacial score (nSPS) is 10.7.